The van der Waals surface area contributed by atoms with E-state index in [1.165, 1.54) is 0 Å². The van der Waals surface area contributed by atoms with Crippen molar-refractivity contribution < 1.29 is 4.74 Å². The number of pyridine rings is 1. The summed E-state index contributed by atoms with van der Waals surface area (Å²) in [4.78, 5) is 4.26. The lowest BCUT2D eigenvalue weighted by atomic mass is 10.3. The van der Waals surface area contributed by atoms with Crippen LogP contribution in [0, 0.1) is 6.92 Å². The lowest BCUT2D eigenvalue weighted by Gasteiger charge is -2.08. The normalized spacial score (nSPS) is 10.3. The fourth-order valence-electron chi connectivity index (χ4n) is 1.12. The third kappa shape index (κ3) is 4.82. The molecule has 0 spiro atoms. The van der Waals surface area contributed by atoms with Gasteiger partial charge in [0.05, 0.1) is 13.2 Å². The standard InChI is InChI=1S/C10H14BrClN2O/c1-8-6-9(11)7-14-10(8)13-3-5-15-4-2-12/h6-7H,2-5H2,1H3,(H,13,14). The third-order valence-electron chi connectivity index (χ3n) is 1.81. The average molecular weight is 294 g/mol. The van der Waals surface area contributed by atoms with Crippen molar-refractivity contribution in [2.75, 3.05) is 31.0 Å². The molecule has 0 unspecified atom stereocenters. The minimum Gasteiger partial charge on any atom is -0.378 e. The van der Waals surface area contributed by atoms with E-state index < -0.39 is 0 Å². The first-order chi connectivity index (χ1) is 7.24. The SMILES string of the molecule is Cc1cc(Br)cnc1NCCOCCCl. The van der Waals surface area contributed by atoms with E-state index >= 15 is 0 Å². The molecule has 84 valence electrons. The van der Waals surface area contributed by atoms with Gasteiger partial charge in [-0.25, -0.2) is 4.98 Å². The largest absolute Gasteiger partial charge is 0.378 e. The predicted octanol–water partition coefficient (Wildman–Crippen LogP) is 2.82. The first-order valence-electron chi connectivity index (χ1n) is 4.73. The number of anilines is 1. The van der Waals surface area contributed by atoms with Crippen molar-refractivity contribution in [3.63, 3.8) is 0 Å². The molecule has 1 aromatic heterocycles. The molecule has 1 heterocycles. The van der Waals surface area contributed by atoms with Crippen LogP contribution in [0.5, 0.6) is 0 Å². The summed E-state index contributed by atoms with van der Waals surface area (Å²) >= 11 is 8.85. The van der Waals surface area contributed by atoms with Gasteiger partial charge >= 0.3 is 0 Å². The summed E-state index contributed by atoms with van der Waals surface area (Å²) in [7, 11) is 0. The molecule has 0 amide bonds. The lowest BCUT2D eigenvalue weighted by Crippen LogP contribution is -2.12. The number of halogens is 2. The first-order valence-corrected chi connectivity index (χ1v) is 6.06. The molecule has 0 aromatic carbocycles. The maximum atomic E-state index is 5.48. The number of aromatic nitrogens is 1. The van der Waals surface area contributed by atoms with E-state index in [4.69, 9.17) is 16.3 Å². The Balaban J connectivity index is 2.31. The van der Waals surface area contributed by atoms with Crippen molar-refractivity contribution in [3.8, 4) is 0 Å². The van der Waals surface area contributed by atoms with E-state index in [0.717, 1.165) is 22.4 Å². The van der Waals surface area contributed by atoms with Crippen molar-refractivity contribution in [1.82, 2.24) is 4.98 Å². The van der Waals surface area contributed by atoms with E-state index in [0.29, 0.717) is 19.1 Å². The van der Waals surface area contributed by atoms with E-state index in [-0.39, 0.29) is 0 Å². The molecule has 0 atom stereocenters. The molecule has 1 N–H and O–H groups in total. The smallest absolute Gasteiger partial charge is 0.128 e. The fourth-order valence-corrected chi connectivity index (χ4v) is 1.68. The Bertz CT molecular complexity index is 309. The van der Waals surface area contributed by atoms with Crippen molar-refractivity contribution in [1.29, 1.82) is 0 Å². The second-order valence-corrected chi connectivity index (χ2v) is 4.34. The van der Waals surface area contributed by atoms with Gasteiger partial charge in [-0.15, -0.1) is 11.6 Å². The van der Waals surface area contributed by atoms with E-state index in [1.807, 2.05) is 13.0 Å². The van der Waals surface area contributed by atoms with E-state index in [2.05, 4.69) is 26.2 Å². The number of hydrogen-bond acceptors (Lipinski definition) is 3. The number of nitrogens with zero attached hydrogens (tertiary/aromatic N) is 1. The molecular weight excluding hydrogens is 279 g/mol. The van der Waals surface area contributed by atoms with Gasteiger partial charge in [-0.05, 0) is 34.5 Å². The highest BCUT2D eigenvalue weighted by Crippen LogP contribution is 2.16. The molecule has 0 saturated heterocycles. The Hall–Kier alpha value is -0.320. The van der Waals surface area contributed by atoms with Crippen LogP contribution in [0.1, 0.15) is 5.56 Å². The summed E-state index contributed by atoms with van der Waals surface area (Å²) in [6.07, 6.45) is 1.77. The van der Waals surface area contributed by atoms with Crippen molar-refractivity contribution >= 4 is 33.3 Å². The van der Waals surface area contributed by atoms with Gasteiger partial charge < -0.3 is 10.1 Å². The topological polar surface area (TPSA) is 34.2 Å². The monoisotopic (exact) mass is 292 g/mol. The minimum atomic E-state index is 0.537. The second-order valence-electron chi connectivity index (χ2n) is 3.05. The van der Waals surface area contributed by atoms with E-state index in [9.17, 15) is 0 Å². The number of ether oxygens (including phenoxy) is 1. The van der Waals surface area contributed by atoms with Crippen molar-refractivity contribution in [2.24, 2.45) is 0 Å². The van der Waals surface area contributed by atoms with Crippen LogP contribution >= 0.6 is 27.5 Å². The average Bonchev–Trinajstić information content (AvgIpc) is 2.20. The zero-order chi connectivity index (χ0) is 11.1. The van der Waals surface area contributed by atoms with Crippen LogP contribution in [0.25, 0.3) is 0 Å². The van der Waals surface area contributed by atoms with Gasteiger partial charge in [0, 0.05) is 23.1 Å². The van der Waals surface area contributed by atoms with Gasteiger partial charge in [0.1, 0.15) is 5.82 Å². The number of hydrogen-bond donors (Lipinski definition) is 1. The summed E-state index contributed by atoms with van der Waals surface area (Å²) in [5.41, 5.74) is 1.11. The molecule has 3 nitrogen and oxygen atoms in total. The Morgan fingerprint density at radius 2 is 2.33 bits per heavy atom. The van der Waals surface area contributed by atoms with Gasteiger partial charge in [-0.2, -0.15) is 0 Å². The zero-order valence-corrected chi connectivity index (χ0v) is 10.9. The first kappa shape index (κ1) is 12.7. The lowest BCUT2D eigenvalue weighted by molar-refractivity contribution is 0.160. The summed E-state index contributed by atoms with van der Waals surface area (Å²) in [5.74, 6) is 1.43. The quantitative estimate of drug-likeness (QED) is 0.647. The zero-order valence-electron chi connectivity index (χ0n) is 8.59. The molecule has 1 rings (SSSR count). The summed E-state index contributed by atoms with van der Waals surface area (Å²) in [6, 6.07) is 2.02. The highest BCUT2D eigenvalue weighted by Gasteiger charge is 1.99. The molecule has 5 heteroatoms. The van der Waals surface area contributed by atoms with Crippen LogP contribution in [-0.2, 0) is 4.74 Å². The fraction of sp³-hybridized carbons (Fsp3) is 0.500. The Morgan fingerprint density at radius 1 is 1.53 bits per heavy atom. The number of alkyl halides is 1. The second kappa shape index (κ2) is 7.04. The minimum absolute atomic E-state index is 0.537. The molecule has 0 saturated carbocycles. The van der Waals surface area contributed by atoms with Gasteiger partial charge in [-0.1, -0.05) is 0 Å². The molecular formula is C10H14BrClN2O. The highest BCUT2D eigenvalue weighted by atomic mass is 79.9. The van der Waals surface area contributed by atoms with Crippen LogP contribution in [0.3, 0.4) is 0 Å². The van der Waals surface area contributed by atoms with Crippen LogP contribution < -0.4 is 5.32 Å². The Morgan fingerprint density at radius 3 is 3.00 bits per heavy atom. The van der Waals surface area contributed by atoms with Gasteiger partial charge in [0.15, 0.2) is 0 Å². The van der Waals surface area contributed by atoms with Crippen LogP contribution in [0.2, 0.25) is 0 Å². The number of nitrogens with one attached hydrogen (secondary N) is 1. The summed E-state index contributed by atoms with van der Waals surface area (Å²) in [6.45, 7) is 3.99. The highest BCUT2D eigenvalue weighted by molar-refractivity contribution is 9.10. The molecule has 0 fully saturated rings. The third-order valence-corrected chi connectivity index (χ3v) is 2.39. The molecule has 0 aliphatic carbocycles. The van der Waals surface area contributed by atoms with Crippen LogP contribution in [-0.4, -0.2) is 30.6 Å². The van der Waals surface area contributed by atoms with Gasteiger partial charge in [0.2, 0.25) is 0 Å². The molecule has 0 aliphatic heterocycles. The molecule has 0 radical (unpaired) electrons. The molecule has 15 heavy (non-hydrogen) atoms. The summed E-state index contributed by atoms with van der Waals surface area (Å²) < 4.78 is 6.23. The number of rotatable bonds is 6. The van der Waals surface area contributed by atoms with Crippen LogP contribution in [0.15, 0.2) is 16.7 Å². The van der Waals surface area contributed by atoms with Crippen LogP contribution in [0.4, 0.5) is 5.82 Å². The van der Waals surface area contributed by atoms with Crippen molar-refractivity contribution in [3.05, 3.63) is 22.3 Å². The maximum absolute atomic E-state index is 5.48. The predicted molar refractivity (Wildman–Crippen MR) is 66.7 cm³/mol. The molecule has 0 bridgehead atoms. The van der Waals surface area contributed by atoms with Crippen molar-refractivity contribution in [2.45, 2.75) is 6.92 Å². The maximum Gasteiger partial charge on any atom is 0.128 e. The van der Waals surface area contributed by atoms with Gasteiger partial charge in [-0.3, -0.25) is 0 Å². The molecule has 0 aliphatic rings. The Kier molecular flexibility index (Phi) is 5.98. The number of aryl methyl sites for hydroxylation is 1. The molecule has 1 aromatic rings. The van der Waals surface area contributed by atoms with Gasteiger partial charge in [0.25, 0.3) is 0 Å². The summed E-state index contributed by atoms with van der Waals surface area (Å²) in [5, 5.41) is 3.20. The van der Waals surface area contributed by atoms with E-state index in [1.54, 1.807) is 6.20 Å². The Labute approximate surface area is 103 Å².